The maximum absolute atomic E-state index is 8.49. The van der Waals surface area contributed by atoms with Crippen molar-refractivity contribution in [2.24, 2.45) is 0 Å². The lowest BCUT2D eigenvalue weighted by Crippen LogP contribution is -2.68. The van der Waals surface area contributed by atoms with Crippen molar-refractivity contribution in [3.63, 3.8) is 0 Å². The molecule has 108 valence electrons. The van der Waals surface area contributed by atoms with Crippen LogP contribution in [-0.4, -0.2) is 0 Å². The zero-order chi connectivity index (χ0) is 15.0. The maximum atomic E-state index is 8.49. The van der Waals surface area contributed by atoms with Crippen LogP contribution in [0.1, 0.15) is 11.3 Å². The SMILES string of the molecule is Cc1cccc[n+]1OCc1ccccc1.[O-][Cl+3]([O-])([O-])[O-]. The van der Waals surface area contributed by atoms with Crippen LogP contribution in [0.25, 0.3) is 0 Å². The summed E-state index contributed by atoms with van der Waals surface area (Å²) < 4.78 is 35.8. The Morgan fingerprint density at radius 2 is 1.50 bits per heavy atom. The van der Waals surface area contributed by atoms with Gasteiger partial charge in [0.05, 0.1) is 0 Å². The molecule has 0 amide bonds. The Balaban J connectivity index is 0.000000347. The Morgan fingerprint density at radius 1 is 0.950 bits per heavy atom. The number of aromatic nitrogens is 1. The fourth-order valence-electron chi connectivity index (χ4n) is 1.38. The summed E-state index contributed by atoms with van der Waals surface area (Å²) >= 11 is 0. The van der Waals surface area contributed by atoms with Gasteiger partial charge in [-0.15, -0.1) is 10.2 Å². The molecule has 1 aromatic heterocycles. The first kappa shape index (κ1) is 16.4. The first-order valence-electron chi connectivity index (χ1n) is 5.62. The molecule has 2 rings (SSSR count). The van der Waals surface area contributed by atoms with Gasteiger partial charge in [-0.05, 0) is 11.6 Å². The van der Waals surface area contributed by atoms with E-state index in [1.165, 1.54) is 5.56 Å². The third-order valence-electron chi connectivity index (χ3n) is 2.23. The molecule has 6 nitrogen and oxygen atoms in total. The van der Waals surface area contributed by atoms with Gasteiger partial charge in [-0.25, -0.2) is 18.6 Å². The van der Waals surface area contributed by atoms with E-state index in [1.807, 2.05) is 49.5 Å². The molecule has 0 fully saturated rings. The fourth-order valence-corrected chi connectivity index (χ4v) is 1.38. The van der Waals surface area contributed by atoms with Gasteiger partial charge in [0.15, 0.2) is 6.61 Å². The smallest absolute Gasteiger partial charge is 0.231 e. The second-order valence-electron chi connectivity index (χ2n) is 3.80. The molecule has 0 bridgehead atoms. The minimum absolute atomic E-state index is 0.594. The highest BCUT2D eigenvalue weighted by Gasteiger charge is 2.05. The van der Waals surface area contributed by atoms with E-state index in [0.29, 0.717) is 6.61 Å². The third kappa shape index (κ3) is 7.67. The first-order valence-corrected chi connectivity index (χ1v) is 6.86. The molecule has 0 saturated carbocycles. The summed E-state index contributed by atoms with van der Waals surface area (Å²) in [5.41, 5.74) is 2.27. The number of pyridine rings is 1. The van der Waals surface area contributed by atoms with Gasteiger partial charge < -0.3 is 0 Å². The average molecular weight is 300 g/mol. The molecule has 0 spiro atoms. The summed E-state index contributed by atoms with van der Waals surface area (Å²) in [7, 11) is -4.94. The number of nitrogens with zero attached hydrogens (tertiary/aromatic N) is 1. The molecule has 1 aromatic carbocycles. The summed E-state index contributed by atoms with van der Waals surface area (Å²) in [6.45, 7) is 2.61. The molecule has 0 aliphatic carbocycles. The quantitative estimate of drug-likeness (QED) is 0.568. The average Bonchev–Trinajstić information content (AvgIpc) is 2.37. The van der Waals surface area contributed by atoms with Crippen LogP contribution in [0.3, 0.4) is 0 Å². The fraction of sp³-hybridized carbons (Fsp3) is 0.154. The first-order chi connectivity index (χ1) is 9.36. The Kier molecular flexibility index (Phi) is 6.37. The van der Waals surface area contributed by atoms with Crippen molar-refractivity contribution in [3.05, 3.63) is 66.0 Å². The van der Waals surface area contributed by atoms with Crippen molar-refractivity contribution < 1.29 is 38.4 Å². The normalized spacial score (nSPS) is 10.4. The van der Waals surface area contributed by atoms with Crippen LogP contribution in [0.4, 0.5) is 0 Å². The molecule has 7 heteroatoms. The molecule has 20 heavy (non-hydrogen) atoms. The minimum atomic E-state index is -4.94. The van der Waals surface area contributed by atoms with Crippen LogP contribution < -0.4 is 28.2 Å². The molecule has 0 unspecified atom stereocenters. The zero-order valence-corrected chi connectivity index (χ0v) is 11.5. The molecule has 0 N–H and O–H groups in total. The van der Waals surface area contributed by atoms with Crippen LogP contribution in [0, 0.1) is 17.2 Å². The van der Waals surface area contributed by atoms with E-state index >= 15 is 0 Å². The summed E-state index contributed by atoms with van der Waals surface area (Å²) in [6, 6.07) is 16.1. The van der Waals surface area contributed by atoms with Gasteiger partial charge in [0, 0.05) is 23.8 Å². The zero-order valence-electron chi connectivity index (χ0n) is 10.8. The molecule has 0 radical (unpaired) electrons. The topological polar surface area (TPSA) is 105 Å². The van der Waals surface area contributed by atoms with Crippen LogP contribution in [-0.2, 0) is 6.61 Å². The Labute approximate surface area is 118 Å². The lowest BCUT2D eigenvalue weighted by molar-refractivity contribution is -2.00. The Hall–Kier alpha value is -1.70. The van der Waals surface area contributed by atoms with E-state index in [1.54, 1.807) is 4.73 Å². The molecular weight excluding hydrogens is 286 g/mol. The molecule has 1 heterocycles. The second-order valence-corrected chi connectivity index (χ2v) is 4.56. The molecule has 0 atom stereocenters. The summed E-state index contributed by atoms with van der Waals surface area (Å²) in [5, 5.41) is 0. The van der Waals surface area contributed by atoms with Crippen LogP contribution >= 0.6 is 0 Å². The van der Waals surface area contributed by atoms with E-state index in [-0.39, 0.29) is 0 Å². The van der Waals surface area contributed by atoms with Crippen molar-refractivity contribution >= 4 is 0 Å². The maximum Gasteiger partial charge on any atom is 0.231 e. The predicted molar refractivity (Wildman–Crippen MR) is 58.1 cm³/mol. The number of halogens is 1. The lowest BCUT2D eigenvalue weighted by atomic mass is 10.2. The van der Waals surface area contributed by atoms with Crippen molar-refractivity contribution in [2.45, 2.75) is 13.5 Å². The van der Waals surface area contributed by atoms with Crippen LogP contribution in [0.5, 0.6) is 0 Å². The van der Waals surface area contributed by atoms with Gasteiger partial charge in [0.2, 0.25) is 11.9 Å². The number of hydrogen-bond acceptors (Lipinski definition) is 5. The highest BCUT2D eigenvalue weighted by atomic mass is 35.7. The summed E-state index contributed by atoms with van der Waals surface area (Å²) in [6.07, 6.45) is 1.91. The molecular formula is C13H14ClNO5. The van der Waals surface area contributed by atoms with Gasteiger partial charge in [0.1, 0.15) is 0 Å². The van der Waals surface area contributed by atoms with E-state index in [9.17, 15) is 0 Å². The van der Waals surface area contributed by atoms with Gasteiger partial charge >= 0.3 is 0 Å². The van der Waals surface area contributed by atoms with Crippen LogP contribution in [0.15, 0.2) is 54.7 Å². The van der Waals surface area contributed by atoms with E-state index in [2.05, 4.69) is 12.1 Å². The van der Waals surface area contributed by atoms with Gasteiger partial charge in [-0.1, -0.05) is 30.3 Å². The minimum Gasteiger partial charge on any atom is -0.266 e. The monoisotopic (exact) mass is 299 g/mol. The van der Waals surface area contributed by atoms with Gasteiger partial charge in [0.25, 0.3) is 0 Å². The van der Waals surface area contributed by atoms with Gasteiger partial charge in [-0.2, -0.15) is 0 Å². The van der Waals surface area contributed by atoms with Crippen LogP contribution in [0.2, 0.25) is 0 Å². The van der Waals surface area contributed by atoms with Crippen molar-refractivity contribution in [1.82, 2.24) is 0 Å². The second kappa shape index (κ2) is 7.78. The van der Waals surface area contributed by atoms with Crippen molar-refractivity contribution in [3.8, 4) is 0 Å². The van der Waals surface area contributed by atoms with Gasteiger partial charge in [-0.3, -0.25) is 4.84 Å². The third-order valence-corrected chi connectivity index (χ3v) is 2.23. The van der Waals surface area contributed by atoms with Crippen molar-refractivity contribution in [2.75, 3.05) is 0 Å². The van der Waals surface area contributed by atoms with E-state index in [0.717, 1.165) is 5.69 Å². The number of aryl methyl sites for hydroxylation is 1. The molecule has 0 aliphatic heterocycles. The summed E-state index contributed by atoms with van der Waals surface area (Å²) in [4.78, 5) is 5.64. The number of hydrogen-bond donors (Lipinski definition) is 0. The van der Waals surface area contributed by atoms with E-state index in [4.69, 9.17) is 23.5 Å². The predicted octanol–water partition coefficient (Wildman–Crippen LogP) is -2.84. The van der Waals surface area contributed by atoms with Crippen molar-refractivity contribution in [1.29, 1.82) is 0 Å². The summed E-state index contributed by atoms with van der Waals surface area (Å²) in [5.74, 6) is 0. The number of benzene rings is 1. The Morgan fingerprint density at radius 3 is 2.05 bits per heavy atom. The molecule has 2 aromatic rings. The largest absolute Gasteiger partial charge is 0.266 e. The molecule has 0 saturated heterocycles. The number of rotatable bonds is 3. The molecule has 0 aliphatic rings. The highest BCUT2D eigenvalue weighted by molar-refractivity contribution is 5.13. The lowest BCUT2D eigenvalue weighted by Gasteiger charge is -2.17. The van der Waals surface area contributed by atoms with E-state index < -0.39 is 10.2 Å². The Bertz CT molecular complexity index is 510. The standard InChI is InChI=1S/C13H14NO.ClHO4/c1-12-7-5-6-10-14(12)15-11-13-8-3-2-4-9-13;2-1(3,4)5/h2-10H,11H2,1H3;(H,2,3,4,5)/q+1;/p-1. The highest BCUT2D eigenvalue weighted by Crippen LogP contribution is 1.97.